The van der Waals surface area contributed by atoms with E-state index < -0.39 is 5.60 Å². The van der Waals surface area contributed by atoms with E-state index in [4.69, 9.17) is 4.74 Å². The van der Waals surface area contributed by atoms with Crippen molar-refractivity contribution in [2.45, 2.75) is 58.6 Å². The van der Waals surface area contributed by atoms with E-state index in [-0.39, 0.29) is 12.1 Å². The van der Waals surface area contributed by atoms with Crippen molar-refractivity contribution in [3.63, 3.8) is 0 Å². The molecular formula is C18H29N3O2. The summed E-state index contributed by atoms with van der Waals surface area (Å²) >= 11 is 0. The van der Waals surface area contributed by atoms with E-state index in [1.807, 2.05) is 57.7 Å². The van der Waals surface area contributed by atoms with E-state index in [9.17, 15) is 4.79 Å². The summed E-state index contributed by atoms with van der Waals surface area (Å²) in [6.45, 7) is 8.48. The van der Waals surface area contributed by atoms with Crippen molar-refractivity contribution in [3.8, 4) is 0 Å². The summed E-state index contributed by atoms with van der Waals surface area (Å²) in [5.41, 5.74) is 1.64. The number of carbonyl (C=O) groups is 1. The maximum atomic E-state index is 12.6. The molecule has 0 saturated carbocycles. The van der Waals surface area contributed by atoms with Gasteiger partial charge in [0, 0.05) is 26.3 Å². The molecule has 1 amide bonds. The SMILES string of the molecule is Cc1nc(N(C)C)ccc1[C@H]1CCCCN1C(=O)OC(C)(C)C. The first kappa shape index (κ1) is 17.6. The van der Waals surface area contributed by atoms with Crippen LogP contribution in [0.15, 0.2) is 12.1 Å². The van der Waals surface area contributed by atoms with Crippen LogP contribution in [0.1, 0.15) is 57.3 Å². The molecule has 1 aromatic heterocycles. The molecule has 5 heteroatoms. The third kappa shape index (κ3) is 4.36. The van der Waals surface area contributed by atoms with Crippen molar-refractivity contribution in [1.29, 1.82) is 0 Å². The van der Waals surface area contributed by atoms with Gasteiger partial charge in [-0.25, -0.2) is 9.78 Å². The fourth-order valence-corrected chi connectivity index (χ4v) is 2.95. The van der Waals surface area contributed by atoms with E-state index >= 15 is 0 Å². The zero-order valence-corrected chi connectivity index (χ0v) is 15.2. The second kappa shape index (κ2) is 6.77. The Kier molecular flexibility index (Phi) is 5.17. The van der Waals surface area contributed by atoms with Gasteiger partial charge in [0.2, 0.25) is 0 Å². The van der Waals surface area contributed by atoms with Crippen molar-refractivity contribution in [2.24, 2.45) is 0 Å². The minimum absolute atomic E-state index is 0.0577. The van der Waals surface area contributed by atoms with Gasteiger partial charge in [-0.15, -0.1) is 0 Å². The molecule has 1 saturated heterocycles. The number of pyridine rings is 1. The molecule has 23 heavy (non-hydrogen) atoms. The number of aromatic nitrogens is 1. The van der Waals surface area contributed by atoms with Gasteiger partial charge in [-0.1, -0.05) is 6.07 Å². The Morgan fingerprint density at radius 3 is 2.57 bits per heavy atom. The summed E-state index contributed by atoms with van der Waals surface area (Å²) in [7, 11) is 3.96. The molecule has 128 valence electrons. The fraction of sp³-hybridized carbons (Fsp3) is 0.667. The average Bonchev–Trinajstić information content (AvgIpc) is 2.45. The molecule has 0 aromatic carbocycles. The van der Waals surface area contributed by atoms with E-state index in [0.717, 1.165) is 42.9 Å². The lowest BCUT2D eigenvalue weighted by atomic mass is 9.94. The Morgan fingerprint density at radius 1 is 1.30 bits per heavy atom. The second-order valence-corrected chi connectivity index (χ2v) is 7.42. The molecule has 1 aliphatic rings. The molecule has 5 nitrogen and oxygen atoms in total. The summed E-state index contributed by atoms with van der Waals surface area (Å²) < 4.78 is 5.59. The molecule has 1 atom stereocenters. The van der Waals surface area contributed by atoms with E-state index in [0.29, 0.717) is 0 Å². The van der Waals surface area contributed by atoms with Gasteiger partial charge in [0.15, 0.2) is 0 Å². The molecule has 1 fully saturated rings. The Balaban J connectivity index is 2.26. The van der Waals surface area contributed by atoms with E-state index in [1.54, 1.807) is 0 Å². The summed E-state index contributed by atoms with van der Waals surface area (Å²) in [4.78, 5) is 21.1. The summed E-state index contributed by atoms with van der Waals surface area (Å²) in [6, 6.07) is 4.18. The van der Waals surface area contributed by atoms with Crippen molar-refractivity contribution >= 4 is 11.9 Å². The quantitative estimate of drug-likeness (QED) is 0.829. The predicted molar refractivity (Wildman–Crippen MR) is 92.8 cm³/mol. The first-order valence-corrected chi connectivity index (χ1v) is 8.33. The number of nitrogens with zero attached hydrogens (tertiary/aromatic N) is 3. The van der Waals surface area contributed by atoms with Crippen molar-refractivity contribution < 1.29 is 9.53 Å². The molecule has 0 bridgehead atoms. The second-order valence-electron chi connectivity index (χ2n) is 7.42. The fourth-order valence-electron chi connectivity index (χ4n) is 2.95. The molecular weight excluding hydrogens is 290 g/mol. The Morgan fingerprint density at radius 2 is 2.00 bits per heavy atom. The van der Waals surface area contributed by atoms with Crippen LogP contribution >= 0.6 is 0 Å². The highest BCUT2D eigenvalue weighted by atomic mass is 16.6. The number of rotatable bonds is 2. The number of hydrogen-bond acceptors (Lipinski definition) is 4. The van der Waals surface area contributed by atoms with Crippen LogP contribution in [-0.2, 0) is 4.74 Å². The largest absolute Gasteiger partial charge is 0.444 e. The topological polar surface area (TPSA) is 45.7 Å². The highest BCUT2D eigenvalue weighted by Crippen LogP contribution is 2.34. The minimum Gasteiger partial charge on any atom is -0.444 e. The molecule has 2 heterocycles. The van der Waals surface area contributed by atoms with Crippen LogP contribution in [0.4, 0.5) is 10.6 Å². The monoisotopic (exact) mass is 319 g/mol. The van der Waals surface area contributed by atoms with Gasteiger partial charge >= 0.3 is 6.09 Å². The summed E-state index contributed by atoms with van der Waals surface area (Å²) in [6.07, 6.45) is 2.89. The number of piperidine rings is 1. The van der Waals surface area contributed by atoms with Gasteiger partial charge in [-0.3, -0.25) is 0 Å². The van der Waals surface area contributed by atoms with Crippen LogP contribution in [-0.4, -0.2) is 42.2 Å². The van der Waals surface area contributed by atoms with Crippen LogP contribution < -0.4 is 4.90 Å². The lowest BCUT2D eigenvalue weighted by Gasteiger charge is -2.37. The van der Waals surface area contributed by atoms with Crippen LogP contribution in [0.5, 0.6) is 0 Å². The number of likely N-dealkylation sites (tertiary alicyclic amines) is 1. The lowest BCUT2D eigenvalue weighted by Crippen LogP contribution is -2.42. The smallest absolute Gasteiger partial charge is 0.410 e. The highest BCUT2D eigenvalue weighted by molar-refractivity contribution is 5.69. The van der Waals surface area contributed by atoms with Crippen molar-refractivity contribution in [1.82, 2.24) is 9.88 Å². The molecule has 0 N–H and O–H groups in total. The van der Waals surface area contributed by atoms with Gasteiger partial charge in [-0.05, 0) is 58.6 Å². The maximum absolute atomic E-state index is 12.6. The number of carbonyl (C=O) groups excluding carboxylic acids is 1. The van der Waals surface area contributed by atoms with Gasteiger partial charge in [-0.2, -0.15) is 0 Å². The first-order valence-electron chi connectivity index (χ1n) is 8.33. The van der Waals surface area contributed by atoms with E-state index in [1.165, 1.54) is 0 Å². The molecule has 0 unspecified atom stereocenters. The molecule has 2 rings (SSSR count). The third-order valence-electron chi connectivity index (χ3n) is 4.06. The van der Waals surface area contributed by atoms with Crippen molar-refractivity contribution in [3.05, 3.63) is 23.4 Å². The standard InChI is InChI=1S/C18H29N3O2/c1-13-14(10-11-16(19-13)20(5)6)15-9-7-8-12-21(15)17(22)23-18(2,3)4/h10-11,15H,7-9,12H2,1-6H3/t15-/m1/s1. The van der Waals surface area contributed by atoms with Crippen molar-refractivity contribution in [2.75, 3.05) is 25.5 Å². The average molecular weight is 319 g/mol. The molecule has 1 aromatic rings. The Bertz CT molecular complexity index is 564. The highest BCUT2D eigenvalue weighted by Gasteiger charge is 2.32. The number of hydrogen-bond donors (Lipinski definition) is 0. The number of aryl methyl sites for hydroxylation is 1. The summed E-state index contributed by atoms with van der Waals surface area (Å²) in [5.74, 6) is 0.936. The van der Waals surface area contributed by atoms with E-state index in [2.05, 4.69) is 11.1 Å². The Labute approximate surface area is 139 Å². The molecule has 1 aliphatic heterocycles. The Hall–Kier alpha value is -1.78. The molecule has 0 aliphatic carbocycles. The zero-order valence-electron chi connectivity index (χ0n) is 15.2. The van der Waals surface area contributed by atoms with Gasteiger partial charge < -0.3 is 14.5 Å². The van der Waals surface area contributed by atoms with Gasteiger partial charge in [0.05, 0.1) is 6.04 Å². The maximum Gasteiger partial charge on any atom is 0.410 e. The first-order chi connectivity index (χ1) is 10.7. The molecule has 0 spiro atoms. The predicted octanol–water partition coefficient (Wildman–Crippen LogP) is 3.92. The number of amides is 1. The zero-order chi connectivity index (χ0) is 17.2. The van der Waals surface area contributed by atoms with Crippen LogP contribution in [0.3, 0.4) is 0 Å². The summed E-state index contributed by atoms with van der Waals surface area (Å²) in [5, 5.41) is 0. The third-order valence-corrected chi connectivity index (χ3v) is 4.06. The minimum atomic E-state index is -0.471. The number of ether oxygens (including phenoxy) is 1. The van der Waals surface area contributed by atoms with Crippen LogP contribution in [0.25, 0.3) is 0 Å². The van der Waals surface area contributed by atoms with Gasteiger partial charge in [0.25, 0.3) is 0 Å². The number of anilines is 1. The van der Waals surface area contributed by atoms with Gasteiger partial charge in [0.1, 0.15) is 11.4 Å². The lowest BCUT2D eigenvalue weighted by molar-refractivity contribution is 0.00942. The molecule has 0 radical (unpaired) electrons. The van der Waals surface area contributed by atoms with Crippen LogP contribution in [0, 0.1) is 6.92 Å². The normalized spacial score (nSPS) is 18.7. The van der Waals surface area contributed by atoms with Crippen LogP contribution in [0.2, 0.25) is 0 Å².